The molecule has 0 radical (unpaired) electrons. The smallest absolute Gasteiger partial charge is 0.269 e. The van der Waals surface area contributed by atoms with Gasteiger partial charge in [-0.25, -0.2) is 4.98 Å². The van der Waals surface area contributed by atoms with Crippen LogP contribution in [-0.4, -0.2) is 17.4 Å². The predicted molar refractivity (Wildman–Crippen MR) is 99.8 cm³/mol. The number of carbonyl (C=O) groups is 1. The zero-order chi connectivity index (χ0) is 17.5. The molecular weight excluding hydrogens is 298 g/mol. The Labute approximate surface area is 144 Å². The minimum atomic E-state index is -0.122. The number of carbonyl (C=O) groups excluding carboxylic acids is 1. The second-order valence-corrected chi connectivity index (χ2v) is 6.77. The molecule has 0 atom stereocenters. The van der Waals surface area contributed by atoms with E-state index in [2.05, 4.69) is 67.6 Å². The molecule has 1 heterocycles. The Balaban J connectivity index is 1.92. The molecule has 1 aromatic carbocycles. The minimum absolute atomic E-state index is 0.122. The second kappa shape index (κ2) is 8.48. The van der Waals surface area contributed by atoms with Gasteiger partial charge in [0.1, 0.15) is 5.69 Å². The maximum atomic E-state index is 12.0. The number of pyridine rings is 1. The van der Waals surface area contributed by atoms with Crippen molar-refractivity contribution in [1.82, 2.24) is 10.3 Å². The van der Waals surface area contributed by atoms with Crippen LogP contribution in [0.4, 0.5) is 11.4 Å². The van der Waals surface area contributed by atoms with Crippen molar-refractivity contribution in [2.24, 2.45) is 5.92 Å². The predicted octanol–water partition coefficient (Wildman–Crippen LogP) is 4.72. The maximum Gasteiger partial charge on any atom is 0.269 e. The monoisotopic (exact) mass is 325 g/mol. The van der Waals surface area contributed by atoms with Crippen LogP contribution >= 0.6 is 0 Å². The maximum absolute atomic E-state index is 12.0. The van der Waals surface area contributed by atoms with Gasteiger partial charge in [-0.05, 0) is 48.1 Å². The Morgan fingerprint density at radius 1 is 1.00 bits per heavy atom. The standard InChI is InChI=1S/C20H27N3O/c1-14(2)11-12-21-20(24)19-10-9-18(13-22-19)23-17-7-5-16(6-8-17)15(3)4/h5-10,13-15,23H,11-12H2,1-4H3,(H,21,24). The highest BCUT2D eigenvalue weighted by atomic mass is 16.1. The first-order valence-electron chi connectivity index (χ1n) is 8.57. The molecule has 0 fully saturated rings. The van der Waals surface area contributed by atoms with Gasteiger partial charge in [-0.15, -0.1) is 0 Å². The lowest BCUT2D eigenvalue weighted by atomic mass is 10.0. The number of rotatable bonds is 7. The van der Waals surface area contributed by atoms with Crippen LogP contribution in [0.1, 0.15) is 56.1 Å². The van der Waals surface area contributed by atoms with Crippen LogP contribution in [0.25, 0.3) is 0 Å². The van der Waals surface area contributed by atoms with Gasteiger partial charge in [-0.3, -0.25) is 4.79 Å². The Morgan fingerprint density at radius 2 is 1.67 bits per heavy atom. The third kappa shape index (κ3) is 5.37. The number of anilines is 2. The quantitative estimate of drug-likeness (QED) is 0.774. The van der Waals surface area contributed by atoms with E-state index in [0.717, 1.165) is 17.8 Å². The van der Waals surface area contributed by atoms with Crippen LogP contribution in [0.3, 0.4) is 0 Å². The molecule has 0 aliphatic rings. The molecule has 0 saturated heterocycles. The van der Waals surface area contributed by atoms with E-state index in [-0.39, 0.29) is 5.91 Å². The molecule has 1 aromatic heterocycles. The van der Waals surface area contributed by atoms with Crippen molar-refractivity contribution in [2.45, 2.75) is 40.0 Å². The zero-order valence-electron chi connectivity index (χ0n) is 15.0. The molecule has 0 bridgehead atoms. The molecule has 1 amide bonds. The Morgan fingerprint density at radius 3 is 2.21 bits per heavy atom. The van der Waals surface area contributed by atoms with E-state index >= 15 is 0 Å². The molecule has 2 rings (SSSR count). The number of nitrogens with one attached hydrogen (secondary N) is 2. The Hall–Kier alpha value is -2.36. The normalized spacial score (nSPS) is 10.9. The van der Waals surface area contributed by atoms with E-state index in [1.54, 1.807) is 12.3 Å². The average molecular weight is 325 g/mol. The largest absolute Gasteiger partial charge is 0.354 e. The van der Waals surface area contributed by atoms with Crippen LogP contribution in [0.5, 0.6) is 0 Å². The highest BCUT2D eigenvalue weighted by Gasteiger charge is 2.07. The molecule has 2 N–H and O–H groups in total. The first-order chi connectivity index (χ1) is 11.5. The summed E-state index contributed by atoms with van der Waals surface area (Å²) in [6.45, 7) is 9.31. The van der Waals surface area contributed by atoms with E-state index < -0.39 is 0 Å². The van der Waals surface area contributed by atoms with Gasteiger partial charge in [-0.2, -0.15) is 0 Å². The van der Waals surface area contributed by atoms with E-state index in [1.807, 2.05) is 6.07 Å². The van der Waals surface area contributed by atoms with E-state index in [4.69, 9.17) is 0 Å². The van der Waals surface area contributed by atoms with Crippen LogP contribution in [0.15, 0.2) is 42.6 Å². The lowest BCUT2D eigenvalue weighted by molar-refractivity contribution is 0.0947. The van der Waals surface area contributed by atoms with Crippen molar-refractivity contribution < 1.29 is 4.79 Å². The highest BCUT2D eigenvalue weighted by Crippen LogP contribution is 2.20. The Bertz CT molecular complexity index is 646. The third-order valence-corrected chi connectivity index (χ3v) is 3.87. The molecule has 0 unspecified atom stereocenters. The number of amides is 1. The van der Waals surface area contributed by atoms with Gasteiger partial charge in [0.05, 0.1) is 11.9 Å². The molecular formula is C20H27N3O. The van der Waals surface area contributed by atoms with Gasteiger partial charge in [-0.1, -0.05) is 39.8 Å². The summed E-state index contributed by atoms with van der Waals surface area (Å²) in [6.07, 6.45) is 2.66. The molecule has 0 saturated carbocycles. The molecule has 0 aliphatic carbocycles. The van der Waals surface area contributed by atoms with Crippen molar-refractivity contribution in [2.75, 3.05) is 11.9 Å². The number of hydrogen-bond donors (Lipinski definition) is 2. The van der Waals surface area contributed by atoms with Crippen LogP contribution < -0.4 is 10.6 Å². The summed E-state index contributed by atoms with van der Waals surface area (Å²) < 4.78 is 0. The number of hydrogen-bond acceptors (Lipinski definition) is 3. The van der Waals surface area contributed by atoms with Crippen molar-refractivity contribution in [3.8, 4) is 0 Å². The first-order valence-corrected chi connectivity index (χ1v) is 8.57. The van der Waals surface area contributed by atoms with Gasteiger partial charge in [0.2, 0.25) is 0 Å². The highest BCUT2D eigenvalue weighted by molar-refractivity contribution is 5.92. The summed E-state index contributed by atoms with van der Waals surface area (Å²) in [5.41, 5.74) is 3.63. The van der Waals surface area contributed by atoms with Crippen molar-refractivity contribution in [3.05, 3.63) is 53.9 Å². The topological polar surface area (TPSA) is 54.0 Å². The lowest BCUT2D eigenvalue weighted by Gasteiger charge is -2.10. The molecule has 0 aliphatic heterocycles. The fourth-order valence-corrected chi connectivity index (χ4v) is 2.29. The summed E-state index contributed by atoms with van der Waals surface area (Å²) >= 11 is 0. The molecule has 24 heavy (non-hydrogen) atoms. The summed E-state index contributed by atoms with van der Waals surface area (Å²) in [5, 5.41) is 6.19. The minimum Gasteiger partial charge on any atom is -0.354 e. The van der Waals surface area contributed by atoms with Crippen molar-refractivity contribution in [3.63, 3.8) is 0 Å². The van der Waals surface area contributed by atoms with E-state index in [1.165, 1.54) is 5.56 Å². The van der Waals surface area contributed by atoms with Gasteiger partial charge < -0.3 is 10.6 Å². The summed E-state index contributed by atoms with van der Waals surface area (Å²) in [5.74, 6) is 0.976. The first kappa shape index (κ1) is 18.0. The van der Waals surface area contributed by atoms with Crippen molar-refractivity contribution >= 4 is 17.3 Å². The number of nitrogens with zero attached hydrogens (tertiary/aromatic N) is 1. The van der Waals surface area contributed by atoms with Gasteiger partial charge in [0, 0.05) is 12.2 Å². The summed E-state index contributed by atoms with van der Waals surface area (Å²) in [6, 6.07) is 12.0. The summed E-state index contributed by atoms with van der Waals surface area (Å²) in [4.78, 5) is 16.2. The fourth-order valence-electron chi connectivity index (χ4n) is 2.29. The van der Waals surface area contributed by atoms with Crippen LogP contribution in [0, 0.1) is 5.92 Å². The van der Waals surface area contributed by atoms with Crippen molar-refractivity contribution in [1.29, 1.82) is 0 Å². The van der Waals surface area contributed by atoms with Crippen LogP contribution in [-0.2, 0) is 0 Å². The SMILES string of the molecule is CC(C)CCNC(=O)c1ccc(Nc2ccc(C(C)C)cc2)cn1. The van der Waals surface area contributed by atoms with E-state index in [0.29, 0.717) is 24.1 Å². The zero-order valence-corrected chi connectivity index (χ0v) is 15.0. The molecule has 4 nitrogen and oxygen atoms in total. The van der Waals surface area contributed by atoms with Gasteiger partial charge in [0.15, 0.2) is 0 Å². The van der Waals surface area contributed by atoms with Gasteiger partial charge >= 0.3 is 0 Å². The molecule has 4 heteroatoms. The second-order valence-electron chi connectivity index (χ2n) is 6.77. The number of benzene rings is 1. The molecule has 0 spiro atoms. The van der Waals surface area contributed by atoms with Gasteiger partial charge in [0.25, 0.3) is 5.91 Å². The van der Waals surface area contributed by atoms with E-state index in [9.17, 15) is 4.79 Å². The third-order valence-electron chi connectivity index (χ3n) is 3.87. The molecule has 128 valence electrons. The summed E-state index contributed by atoms with van der Waals surface area (Å²) in [7, 11) is 0. The lowest BCUT2D eigenvalue weighted by Crippen LogP contribution is -2.26. The van der Waals surface area contributed by atoms with Crippen LogP contribution in [0.2, 0.25) is 0 Å². The number of aromatic nitrogens is 1. The molecule has 2 aromatic rings. The average Bonchev–Trinajstić information content (AvgIpc) is 2.55. The Kier molecular flexibility index (Phi) is 6.36. The fraction of sp³-hybridized carbons (Fsp3) is 0.400.